The van der Waals surface area contributed by atoms with Crippen LogP contribution in [0.4, 0.5) is 0 Å². The number of nitrogens with zero attached hydrogens (tertiary/aromatic N) is 2. The van der Waals surface area contributed by atoms with Gasteiger partial charge >= 0.3 is 0 Å². The van der Waals surface area contributed by atoms with Gasteiger partial charge in [0.2, 0.25) is 0 Å². The largest absolute Gasteiger partial charge is 0.379 e. The van der Waals surface area contributed by atoms with E-state index in [1.165, 1.54) is 0 Å². The van der Waals surface area contributed by atoms with Crippen molar-refractivity contribution in [3.05, 3.63) is 30.1 Å². The summed E-state index contributed by atoms with van der Waals surface area (Å²) in [6.45, 7) is 6.80. The average molecular weight is 377 g/mol. The summed E-state index contributed by atoms with van der Waals surface area (Å²) in [6.07, 6.45) is 6.57. The summed E-state index contributed by atoms with van der Waals surface area (Å²) in [5.41, 5.74) is 0.557. The van der Waals surface area contributed by atoms with Gasteiger partial charge in [-0.25, -0.2) is 0 Å². The molecule has 1 aliphatic rings. The van der Waals surface area contributed by atoms with Gasteiger partial charge in [-0.1, -0.05) is 0 Å². The third-order valence-corrected chi connectivity index (χ3v) is 4.02. The van der Waals surface area contributed by atoms with Crippen molar-refractivity contribution >= 4 is 11.9 Å². The number of hydrogen-bond donors (Lipinski definition) is 3. The smallest absolute Gasteiger partial charge is 0.252 e. The Balaban J connectivity index is 1.56. The second-order valence-corrected chi connectivity index (χ2v) is 6.25. The van der Waals surface area contributed by atoms with E-state index in [9.17, 15) is 4.79 Å². The molecule has 1 unspecified atom stereocenters. The zero-order chi connectivity index (χ0) is 19.2. The van der Waals surface area contributed by atoms with Crippen molar-refractivity contribution in [1.82, 2.24) is 20.9 Å². The Morgan fingerprint density at radius 2 is 2.26 bits per heavy atom. The van der Waals surface area contributed by atoms with Gasteiger partial charge in [0.05, 0.1) is 18.3 Å². The van der Waals surface area contributed by atoms with Gasteiger partial charge in [0, 0.05) is 51.8 Å². The Morgan fingerprint density at radius 1 is 1.37 bits per heavy atom. The molecule has 1 atom stereocenters. The van der Waals surface area contributed by atoms with Crippen molar-refractivity contribution in [1.29, 1.82) is 0 Å². The van der Waals surface area contributed by atoms with Crippen molar-refractivity contribution in [2.24, 2.45) is 4.99 Å². The third kappa shape index (κ3) is 8.83. The van der Waals surface area contributed by atoms with Gasteiger partial charge < -0.3 is 25.4 Å². The molecule has 0 saturated carbocycles. The van der Waals surface area contributed by atoms with Crippen molar-refractivity contribution in [2.75, 3.05) is 46.0 Å². The molecule has 1 aromatic rings. The molecule has 8 heteroatoms. The fourth-order valence-electron chi connectivity index (χ4n) is 2.65. The fraction of sp³-hybridized carbons (Fsp3) is 0.632. The molecular formula is C19H31N5O3. The van der Waals surface area contributed by atoms with E-state index in [2.05, 4.69) is 25.9 Å². The second kappa shape index (κ2) is 13.1. The lowest BCUT2D eigenvalue weighted by Crippen LogP contribution is -2.41. The molecule has 3 N–H and O–H groups in total. The Hall–Kier alpha value is -2.19. The number of rotatable bonds is 11. The molecule has 0 aromatic carbocycles. The number of pyridine rings is 1. The maximum Gasteiger partial charge on any atom is 0.252 e. The molecule has 8 nitrogen and oxygen atoms in total. The predicted octanol–water partition coefficient (Wildman–Crippen LogP) is 0.952. The van der Waals surface area contributed by atoms with Gasteiger partial charge in [-0.2, -0.15) is 0 Å². The summed E-state index contributed by atoms with van der Waals surface area (Å²) >= 11 is 0. The van der Waals surface area contributed by atoms with Crippen LogP contribution < -0.4 is 16.0 Å². The van der Waals surface area contributed by atoms with Gasteiger partial charge in [-0.05, 0) is 38.3 Å². The van der Waals surface area contributed by atoms with E-state index in [1.807, 2.05) is 6.92 Å². The van der Waals surface area contributed by atoms with Crippen LogP contribution in [-0.4, -0.2) is 69.0 Å². The summed E-state index contributed by atoms with van der Waals surface area (Å²) in [5, 5.41) is 9.26. The maximum absolute atomic E-state index is 11.9. The molecule has 1 saturated heterocycles. The van der Waals surface area contributed by atoms with E-state index < -0.39 is 0 Å². The molecule has 0 spiro atoms. The molecular weight excluding hydrogens is 346 g/mol. The summed E-state index contributed by atoms with van der Waals surface area (Å²) in [4.78, 5) is 20.4. The molecule has 27 heavy (non-hydrogen) atoms. The number of aliphatic imine (C=N–C) groups is 1. The van der Waals surface area contributed by atoms with E-state index in [1.54, 1.807) is 24.5 Å². The number of amides is 1. The van der Waals surface area contributed by atoms with Crippen molar-refractivity contribution in [3.63, 3.8) is 0 Å². The van der Waals surface area contributed by atoms with E-state index in [0.29, 0.717) is 38.4 Å². The fourth-order valence-corrected chi connectivity index (χ4v) is 2.65. The highest BCUT2D eigenvalue weighted by molar-refractivity contribution is 5.93. The summed E-state index contributed by atoms with van der Waals surface area (Å²) in [5.74, 6) is 0.613. The minimum atomic E-state index is -0.129. The van der Waals surface area contributed by atoms with E-state index in [-0.39, 0.29) is 12.0 Å². The first-order chi connectivity index (χ1) is 13.3. The van der Waals surface area contributed by atoms with Gasteiger partial charge in [0.1, 0.15) is 0 Å². The minimum absolute atomic E-state index is 0.129. The van der Waals surface area contributed by atoms with Crippen LogP contribution in [0.25, 0.3) is 0 Å². The van der Waals surface area contributed by atoms with Crippen molar-refractivity contribution < 1.29 is 14.3 Å². The SMILES string of the molecule is CCNC(=NCCCOCC1CCCO1)NCCNC(=O)c1cccnc1. The lowest BCUT2D eigenvalue weighted by atomic mass is 10.2. The zero-order valence-corrected chi connectivity index (χ0v) is 16.1. The second-order valence-electron chi connectivity index (χ2n) is 6.25. The van der Waals surface area contributed by atoms with Crippen molar-refractivity contribution in [2.45, 2.75) is 32.3 Å². The molecule has 1 aliphatic heterocycles. The lowest BCUT2D eigenvalue weighted by Gasteiger charge is -2.12. The Bertz CT molecular complexity index is 562. The lowest BCUT2D eigenvalue weighted by molar-refractivity contribution is 0.0171. The van der Waals surface area contributed by atoms with Gasteiger partial charge in [-0.3, -0.25) is 14.8 Å². The zero-order valence-electron chi connectivity index (χ0n) is 16.1. The van der Waals surface area contributed by atoms with Crippen LogP contribution in [0, 0.1) is 0 Å². The molecule has 1 fully saturated rings. The Morgan fingerprint density at radius 3 is 3.00 bits per heavy atom. The molecule has 0 bridgehead atoms. The highest BCUT2D eigenvalue weighted by atomic mass is 16.5. The number of aromatic nitrogens is 1. The van der Waals surface area contributed by atoms with Crippen LogP contribution in [0.5, 0.6) is 0 Å². The molecule has 1 amide bonds. The van der Waals surface area contributed by atoms with Gasteiger partial charge in [0.15, 0.2) is 5.96 Å². The van der Waals surface area contributed by atoms with Crippen LogP contribution >= 0.6 is 0 Å². The molecule has 150 valence electrons. The van der Waals surface area contributed by atoms with Crippen LogP contribution in [0.3, 0.4) is 0 Å². The predicted molar refractivity (Wildman–Crippen MR) is 105 cm³/mol. The molecule has 0 aliphatic carbocycles. The van der Waals surface area contributed by atoms with E-state index in [0.717, 1.165) is 38.4 Å². The van der Waals surface area contributed by atoms with Gasteiger partial charge in [0.25, 0.3) is 5.91 Å². The number of carbonyl (C=O) groups is 1. The number of guanidine groups is 1. The summed E-state index contributed by atoms with van der Waals surface area (Å²) in [6, 6.07) is 3.48. The quantitative estimate of drug-likeness (QED) is 0.302. The number of carbonyl (C=O) groups excluding carboxylic acids is 1. The van der Waals surface area contributed by atoms with Crippen LogP contribution in [-0.2, 0) is 9.47 Å². The van der Waals surface area contributed by atoms with Crippen LogP contribution in [0.15, 0.2) is 29.5 Å². The highest BCUT2D eigenvalue weighted by Crippen LogP contribution is 2.11. The maximum atomic E-state index is 11.9. The standard InChI is InChI=1S/C19H31N5O3/c1-2-21-19(23-9-5-12-26-15-17-7-4-13-27-17)24-11-10-22-18(25)16-6-3-8-20-14-16/h3,6,8,14,17H,2,4-5,7,9-13,15H2,1H3,(H,22,25)(H2,21,23,24). The minimum Gasteiger partial charge on any atom is -0.379 e. The van der Waals surface area contributed by atoms with Crippen LogP contribution in [0.1, 0.15) is 36.5 Å². The number of nitrogens with one attached hydrogen (secondary N) is 3. The first-order valence-corrected chi connectivity index (χ1v) is 9.69. The van der Waals surface area contributed by atoms with Crippen LogP contribution in [0.2, 0.25) is 0 Å². The van der Waals surface area contributed by atoms with E-state index in [4.69, 9.17) is 9.47 Å². The topological polar surface area (TPSA) is 96.9 Å². The van der Waals surface area contributed by atoms with Gasteiger partial charge in [-0.15, -0.1) is 0 Å². The Kier molecular flexibility index (Phi) is 10.2. The number of ether oxygens (including phenoxy) is 2. The Labute approximate surface area is 161 Å². The highest BCUT2D eigenvalue weighted by Gasteiger charge is 2.14. The van der Waals surface area contributed by atoms with E-state index >= 15 is 0 Å². The molecule has 1 aromatic heterocycles. The molecule has 2 rings (SSSR count). The first kappa shape index (κ1) is 21.1. The van der Waals surface area contributed by atoms with Crippen molar-refractivity contribution in [3.8, 4) is 0 Å². The average Bonchev–Trinajstić information content (AvgIpc) is 3.21. The summed E-state index contributed by atoms with van der Waals surface area (Å²) < 4.78 is 11.2. The molecule has 0 radical (unpaired) electrons. The third-order valence-electron chi connectivity index (χ3n) is 4.02. The monoisotopic (exact) mass is 377 g/mol. The first-order valence-electron chi connectivity index (χ1n) is 9.69. The normalized spacial score (nSPS) is 16.9. The summed E-state index contributed by atoms with van der Waals surface area (Å²) in [7, 11) is 0. The molecule has 2 heterocycles. The number of hydrogen-bond acceptors (Lipinski definition) is 5.